The average molecular weight is 345 g/mol. The monoisotopic (exact) mass is 345 g/mol. The van der Waals surface area contributed by atoms with Crippen molar-refractivity contribution in [2.24, 2.45) is 0 Å². The summed E-state index contributed by atoms with van der Waals surface area (Å²) in [7, 11) is 0. The summed E-state index contributed by atoms with van der Waals surface area (Å²) in [6.07, 6.45) is -3.46. The number of para-hydroxylation sites is 1. The minimum atomic E-state index is -4.61. The van der Waals surface area contributed by atoms with E-state index in [0.29, 0.717) is 5.69 Å². The number of anilines is 2. The fraction of sp³-hybridized carbons (Fsp3) is 0.111. The summed E-state index contributed by atoms with van der Waals surface area (Å²) in [6, 6.07) is 13.4. The Labute approximate surface area is 142 Å². The molecule has 0 fully saturated rings. The number of halogens is 3. The predicted molar refractivity (Wildman–Crippen MR) is 88.6 cm³/mol. The number of carbonyl (C=O) groups excluding carboxylic acids is 1. The molecule has 25 heavy (non-hydrogen) atoms. The molecule has 0 unspecified atom stereocenters. The molecule has 2 aromatic rings. The maximum atomic E-state index is 12.9. The molecule has 0 aromatic heterocycles. The van der Waals surface area contributed by atoms with E-state index in [9.17, 15) is 18.0 Å². The Balaban J connectivity index is 2.19. The summed E-state index contributed by atoms with van der Waals surface area (Å²) in [5.74, 6) is -0.931. The van der Waals surface area contributed by atoms with E-state index in [1.807, 2.05) is 13.0 Å². The van der Waals surface area contributed by atoms with Crippen molar-refractivity contribution in [2.45, 2.75) is 13.1 Å². The van der Waals surface area contributed by atoms with Gasteiger partial charge in [0.05, 0.1) is 11.3 Å². The highest BCUT2D eigenvalue weighted by molar-refractivity contribution is 6.07. The minimum absolute atomic E-state index is 0.349. The molecule has 0 bridgehead atoms. The zero-order valence-corrected chi connectivity index (χ0v) is 13.2. The summed E-state index contributed by atoms with van der Waals surface area (Å²) >= 11 is 0. The van der Waals surface area contributed by atoms with Gasteiger partial charge in [-0.05, 0) is 36.8 Å². The molecule has 0 spiro atoms. The lowest BCUT2D eigenvalue weighted by molar-refractivity contribution is -0.137. The van der Waals surface area contributed by atoms with Crippen LogP contribution >= 0.6 is 0 Å². The van der Waals surface area contributed by atoms with Gasteiger partial charge in [0.25, 0.3) is 5.91 Å². The average Bonchev–Trinajstić information content (AvgIpc) is 2.55. The van der Waals surface area contributed by atoms with Gasteiger partial charge < -0.3 is 10.6 Å². The number of amides is 1. The van der Waals surface area contributed by atoms with Gasteiger partial charge >= 0.3 is 6.18 Å². The van der Waals surface area contributed by atoms with Crippen LogP contribution in [-0.2, 0) is 11.0 Å². The molecule has 0 aliphatic carbocycles. The molecule has 0 radical (unpaired) electrons. The van der Waals surface area contributed by atoms with Gasteiger partial charge in [-0.3, -0.25) is 4.79 Å². The van der Waals surface area contributed by atoms with Gasteiger partial charge in [0.1, 0.15) is 11.6 Å². The van der Waals surface area contributed by atoms with E-state index in [1.54, 1.807) is 24.3 Å². The first kappa shape index (κ1) is 18.1. The zero-order valence-electron chi connectivity index (χ0n) is 13.2. The number of nitrogens with one attached hydrogen (secondary N) is 2. The number of nitrogens with zero attached hydrogens (tertiary/aromatic N) is 1. The third-order valence-corrected chi connectivity index (χ3v) is 3.25. The number of hydrogen-bond acceptors (Lipinski definition) is 3. The lowest BCUT2D eigenvalue weighted by Gasteiger charge is -2.13. The lowest BCUT2D eigenvalue weighted by Crippen LogP contribution is -2.18. The van der Waals surface area contributed by atoms with Crippen molar-refractivity contribution in [3.63, 3.8) is 0 Å². The molecular weight excluding hydrogens is 331 g/mol. The Bertz CT molecular complexity index is 851. The Morgan fingerprint density at radius 2 is 1.88 bits per heavy atom. The number of rotatable bonds is 4. The van der Waals surface area contributed by atoms with Crippen LogP contribution < -0.4 is 10.6 Å². The second-order valence-corrected chi connectivity index (χ2v) is 5.18. The van der Waals surface area contributed by atoms with Crippen LogP contribution in [0.4, 0.5) is 24.5 Å². The van der Waals surface area contributed by atoms with E-state index >= 15 is 0 Å². The number of hydrogen-bond donors (Lipinski definition) is 2. The summed E-state index contributed by atoms with van der Waals surface area (Å²) in [6.45, 7) is 1.88. The highest BCUT2D eigenvalue weighted by Crippen LogP contribution is 2.34. The molecular formula is C18H14F3N3O. The first-order valence-electron chi connectivity index (χ1n) is 7.22. The molecule has 128 valence electrons. The lowest BCUT2D eigenvalue weighted by atomic mass is 10.1. The van der Waals surface area contributed by atoms with Crippen LogP contribution in [0.3, 0.4) is 0 Å². The van der Waals surface area contributed by atoms with E-state index in [1.165, 1.54) is 12.1 Å². The van der Waals surface area contributed by atoms with Gasteiger partial charge in [-0.15, -0.1) is 0 Å². The summed E-state index contributed by atoms with van der Waals surface area (Å²) in [5.41, 5.74) is -0.112. The number of aryl methyl sites for hydroxylation is 1. The number of alkyl halides is 3. The number of carbonyl (C=O) groups is 1. The SMILES string of the molecule is Cc1cccc(N/C=C(/C#N)C(=O)Nc2ccccc2C(F)(F)F)c1. The third kappa shape index (κ3) is 4.85. The van der Waals surface area contributed by atoms with Gasteiger partial charge in [0, 0.05) is 11.9 Å². The topological polar surface area (TPSA) is 64.9 Å². The van der Waals surface area contributed by atoms with Gasteiger partial charge in [0.2, 0.25) is 0 Å². The second-order valence-electron chi connectivity index (χ2n) is 5.18. The van der Waals surface area contributed by atoms with Crippen LogP contribution in [0, 0.1) is 18.3 Å². The molecule has 2 rings (SSSR count). The van der Waals surface area contributed by atoms with E-state index in [4.69, 9.17) is 5.26 Å². The smallest absolute Gasteiger partial charge is 0.360 e. The minimum Gasteiger partial charge on any atom is -0.360 e. The van der Waals surface area contributed by atoms with E-state index in [0.717, 1.165) is 23.9 Å². The third-order valence-electron chi connectivity index (χ3n) is 3.25. The fourth-order valence-electron chi connectivity index (χ4n) is 2.07. The van der Waals surface area contributed by atoms with Gasteiger partial charge in [-0.1, -0.05) is 24.3 Å². The van der Waals surface area contributed by atoms with E-state index < -0.39 is 23.3 Å². The van der Waals surface area contributed by atoms with Crippen LogP contribution in [0.5, 0.6) is 0 Å². The van der Waals surface area contributed by atoms with Crippen LogP contribution in [0.25, 0.3) is 0 Å². The molecule has 0 atom stereocenters. The van der Waals surface area contributed by atoms with E-state index in [-0.39, 0.29) is 5.57 Å². The summed E-state index contributed by atoms with van der Waals surface area (Å²) in [5, 5.41) is 14.0. The molecule has 7 heteroatoms. The van der Waals surface area contributed by atoms with Crippen molar-refractivity contribution in [2.75, 3.05) is 10.6 Å². The van der Waals surface area contributed by atoms with Crippen molar-refractivity contribution in [3.8, 4) is 6.07 Å². The van der Waals surface area contributed by atoms with Crippen molar-refractivity contribution in [3.05, 3.63) is 71.4 Å². The number of benzene rings is 2. The Hall–Kier alpha value is -3.27. The number of nitriles is 1. The first-order valence-corrected chi connectivity index (χ1v) is 7.22. The molecule has 2 aromatic carbocycles. The molecule has 0 saturated heterocycles. The summed E-state index contributed by atoms with van der Waals surface area (Å²) in [4.78, 5) is 12.1. The summed E-state index contributed by atoms with van der Waals surface area (Å²) < 4.78 is 38.8. The zero-order chi connectivity index (χ0) is 18.4. The molecule has 0 heterocycles. The van der Waals surface area contributed by atoms with Crippen LogP contribution in [0.15, 0.2) is 60.3 Å². The highest BCUT2D eigenvalue weighted by Gasteiger charge is 2.33. The molecule has 4 nitrogen and oxygen atoms in total. The van der Waals surface area contributed by atoms with Gasteiger partial charge in [-0.2, -0.15) is 18.4 Å². The quantitative estimate of drug-likeness (QED) is 0.635. The molecule has 0 aliphatic rings. The Kier molecular flexibility index (Phi) is 5.45. The maximum absolute atomic E-state index is 12.9. The second kappa shape index (κ2) is 7.53. The van der Waals surface area contributed by atoms with Crippen molar-refractivity contribution < 1.29 is 18.0 Å². The van der Waals surface area contributed by atoms with Crippen LogP contribution in [0.2, 0.25) is 0 Å². The van der Waals surface area contributed by atoms with Crippen LogP contribution in [-0.4, -0.2) is 5.91 Å². The van der Waals surface area contributed by atoms with E-state index in [2.05, 4.69) is 10.6 Å². The van der Waals surface area contributed by atoms with Crippen molar-refractivity contribution in [1.29, 1.82) is 5.26 Å². The van der Waals surface area contributed by atoms with Gasteiger partial charge in [-0.25, -0.2) is 0 Å². The largest absolute Gasteiger partial charge is 0.418 e. The molecule has 0 saturated carbocycles. The van der Waals surface area contributed by atoms with Crippen molar-refractivity contribution >= 4 is 17.3 Å². The predicted octanol–water partition coefficient (Wildman–Crippen LogP) is 4.47. The first-order chi connectivity index (χ1) is 11.8. The fourth-order valence-corrected chi connectivity index (χ4v) is 2.07. The normalized spacial score (nSPS) is 11.6. The van der Waals surface area contributed by atoms with Crippen LogP contribution in [0.1, 0.15) is 11.1 Å². The molecule has 0 aliphatic heterocycles. The molecule has 2 N–H and O–H groups in total. The Morgan fingerprint density at radius 3 is 2.52 bits per heavy atom. The van der Waals surface area contributed by atoms with Crippen molar-refractivity contribution in [1.82, 2.24) is 0 Å². The van der Waals surface area contributed by atoms with Gasteiger partial charge in [0.15, 0.2) is 0 Å². The standard InChI is InChI=1S/C18H14F3N3O/c1-12-5-4-6-14(9-12)23-11-13(10-22)17(25)24-16-8-3-2-7-15(16)18(19,20)21/h2-9,11,23H,1H3,(H,24,25)/b13-11-. The highest BCUT2D eigenvalue weighted by atomic mass is 19.4. The maximum Gasteiger partial charge on any atom is 0.418 e. The Morgan fingerprint density at radius 1 is 1.16 bits per heavy atom. The molecule has 1 amide bonds.